The Labute approximate surface area is 131 Å². The Hall–Kier alpha value is -1.51. The zero-order valence-electron chi connectivity index (χ0n) is 12.3. The maximum atomic E-state index is 6.05. The highest BCUT2D eigenvalue weighted by Gasteiger charge is 2.27. The van der Waals surface area contributed by atoms with Crippen molar-refractivity contribution in [3.63, 3.8) is 0 Å². The molecule has 0 spiro atoms. The number of para-hydroxylation sites is 1. The fourth-order valence-electron chi connectivity index (χ4n) is 3.22. The van der Waals surface area contributed by atoms with Gasteiger partial charge in [0.1, 0.15) is 0 Å². The van der Waals surface area contributed by atoms with E-state index in [1.54, 1.807) is 0 Å². The molecule has 1 heterocycles. The van der Waals surface area contributed by atoms with Crippen LogP contribution in [0.1, 0.15) is 29.0 Å². The standard InChI is InChI=1S/C18H21ClN2/c1-13-10-16(19)7-6-14(13)11-21-12-15(8-9-20)17-4-2-3-5-18(17)21/h2-7,10,15H,8-9,11-12,20H2,1H3. The van der Waals surface area contributed by atoms with Crippen molar-refractivity contribution in [2.24, 2.45) is 5.73 Å². The Balaban J connectivity index is 1.86. The Morgan fingerprint density at radius 3 is 2.81 bits per heavy atom. The second kappa shape index (κ2) is 6.08. The van der Waals surface area contributed by atoms with Crippen LogP contribution in [0, 0.1) is 6.92 Å². The lowest BCUT2D eigenvalue weighted by Crippen LogP contribution is -2.22. The maximum absolute atomic E-state index is 6.05. The molecule has 0 aliphatic carbocycles. The molecule has 2 aromatic rings. The Morgan fingerprint density at radius 1 is 1.24 bits per heavy atom. The van der Waals surface area contributed by atoms with Gasteiger partial charge in [0.05, 0.1) is 0 Å². The molecule has 0 radical (unpaired) electrons. The second-order valence-corrected chi connectivity index (χ2v) is 6.22. The zero-order valence-corrected chi connectivity index (χ0v) is 13.1. The Morgan fingerprint density at radius 2 is 2.05 bits per heavy atom. The summed E-state index contributed by atoms with van der Waals surface area (Å²) in [5.74, 6) is 0.554. The van der Waals surface area contributed by atoms with Gasteiger partial charge in [0.15, 0.2) is 0 Å². The quantitative estimate of drug-likeness (QED) is 0.921. The van der Waals surface area contributed by atoms with Crippen LogP contribution >= 0.6 is 11.6 Å². The van der Waals surface area contributed by atoms with Crippen molar-refractivity contribution in [2.45, 2.75) is 25.8 Å². The first-order valence-corrected chi connectivity index (χ1v) is 7.86. The number of nitrogens with zero attached hydrogens (tertiary/aromatic N) is 1. The molecule has 3 rings (SSSR count). The van der Waals surface area contributed by atoms with Gasteiger partial charge in [0.2, 0.25) is 0 Å². The molecule has 1 atom stereocenters. The van der Waals surface area contributed by atoms with Crippen LogP contribution in [0.3, 0.4) is 0 Å². The molecule has 0 aromatic heterocycles. The molecule has 21 heavy (non-hydrogen) atoms. The summed E-state index contributed by atoms with van der Waals surface area (Å²) in [6.07, 6.45) is 1.05. The number of anilines is 1. The van der Waals surface area contributed by atoms with E-state index in [9.17, 15) is 0 Å². The van der Waals surface area contributed by atoms with E-state index in [2.05, 4.69) is 42.2 Å². The van der Waals surface area contributed by atoms with Crippen LogP contribution < -0.4 is 10.6 Å². The number of halogens is 1. The third-order valence-electron chi connectivity index (χ3n) is 4.34. The van der Waals surface area contributed by atoms with Crippen LogP contribution in [0.25, 0.3) is 0 Å². The van der Waals surface area contributed by atoms with E-state index in [0.29, 0.717) is 5.92 Å². The lowest BCUT2D eigenvalue weighted by Gasteiger charge is -2.21. The number of aryl methyl sites for hydroxylation is 1. The molecule has 1 aliphatic heterocycles. The van der Waals surface area contributed by atoms with Crippen molar-refractivity contribution in [2.75, 3.05) is 18.0 Å². The number of hydrogen-bond donors (Lipinski definition) is 1. The van der Waals surface area contributed by atoms with Crippen molar-refractivity contribution < 1.29 is 0 Å². The second-order valence-electron chi connectivity index (χ2n) is 5.78. The number of nitrogens with two attached hydrogens (primary N) is 1. The lowest BCUT2D eigenvalue weighted by molar-refractivity contribution is 0.643. The summed E-state index contributed by atoms with van der Waals surface area (Å²) in [4.78, 5) is 2.46. The minimum Gasteiger partial charge on any atom is -0.366 e. The average Bonchev–Trinajstić information content (AvgIpc) is 2.81. The SMILES string of the molecule is Cc1cc(Cl)ccc1CN1CC(CCN)c2ccccc21. The smallest absolute Gasteiger partial charge is 0.0432 e. The van der Waals surface area contributed by atoms with Gasteiger partial charge in [-0.15, -0.1) is 0 Å². The zero-order chi connectivity index (χ0) is 14.8. The molecule has 0 bridgehead atoms. The van der Waals surface area contributed by atoms with Gasteiger partial charge in [-0.05, 0) is 54.8 Å². The summed E-state index contributed by atoms with van der Waals surface area (Å²) in [6.45, 7) is 4.85. The summed E-state index contributed by atoms with van der Waals surface area (Å²) in [6, 6.07) is 14.8. The van der Waals surface area contributed by atoms with Gasteiger partial charge in [-0.2, -0.15) is 0 Å². The summed E-state index contributed by atoms with van der Waals surface area (Å²) in [5.41, 5.74) is 11.2. The lowest BCUT2D eigenvalue weighted by atomic mass is 9.98. The monoisotopic (exact) mass is 300 g/mol. The fourth-order valence-corrected chi connectivity index (χ4v) is 3.45. The van der Waals surface area contributed by atoms with E-state index < -0.39 is 0 Å². The van der Waals surface area contributed by atoms with Crippen molar-refractivity contribution in [1.82, 2.24) is 0 Å². The average molecular weight is 301 g/mol. The predicted octanol–water partition coefficient (Wildman–Crippen LogP) is 4.10. The summed E-state index contributed by atoms with van der Waals surface area (Å²) >= 11 is 6.05. The molecule has 0 amide bonds. The van der Waals surface area contributed by atoms with Crippen LogP contribution in [0.5, 0.6) is 0 Å². The number of benzene rings is 2. The molecule has 1 aliphatic rings. The largest absolute Gasteiger partial charge is 0.366 e. The van der Waals surface area contributed by atoms with Crippen molar-refractivity contribution >= 4 is 17.3 Å². The van der Waals surface area contributed by atoms with E-state index in [4.69, 9.17) is 17.3 Å². The molecule has 2 aromatic carbocycles. The molecule has 0 saturated carbocycles. The molecule has 0 fully saturated rings. The third kappa shape index (κ3) is 2.92. The normalized spacial score (nSPS) is 17.1. The first kappa shape index (κ1) is 14.4. The molecule has 3 heteroatoms. The van der Waals surface area contributed by atoms with Crippen LogP contribution in [0.2, 0.25) is 5.02 Å². The minimum atomic E-state index is 0.554. The van der Waals surface area contributed by atoms with Gasteiger partial charge in [-0.1, -0.05) is 35.9 Å². The van der Waals surface area contributed by atoms with E-state index in [1.807, 2.05) is 12.1 Å². The molecule has 110 valence electrons. The maximum Gasteiger partial charge on any atom is 0.0432 e. The summed E-state index contributed by atoms with van der Waals surface area (Å²) in [7, 11) is 0. The molecular weight excluding hydrogens is 280 g/mol. The fraction of sp³-hybridized carbons (Fsp3) is 0.333. The van der Waals surface area contributed by atoms with Gasteiger partial charge in [-0.25, -0.2) is 0 Å². The number of hydrogen-bond acceptors (Lipinski definition) is 2. The third-order valence-corrected chi connectivity index (χ3v) is 4.57. The number of rotatable bonds is 4. The van der Waals surface area contributed by atoms with E-state index >= 15 is 0 Å². The molecule has 2 nitrogen and oxygen atoms in total. The van der Waals surface area contributed by atoms with Crippen LogP contribution in [-0.4, -0.2) is 13.1 Å². The predicted molar refractivity (Wildman–Crippen MR) is 90.1 cm³/mol. The van der Waals surface area contributed by atoms with E-state index in [1.165, 1.54) is 22.4 Å². The van der Waals surface area contributed by atoms with Crippen LogP contribution in [0.4, 0.5) is 5.69 Å². The molecular formula is C18H21ClN2. The Bertz CT molecular complexity index is 639. The molecule has 0 saturated heterocycles. The van der Waals surface area contributed by atoms with Gasteiger partial charge >= 0.3 is 0 Å². The van der Waals surface area contributed by atoms with Gasteiger partial charge in [0.25, 0.3) is 0 Å². The summed E-state index contributed by atoms with van der Waals surface area (Å²) in [5, 5.41) is 0.805. The van der Waals surface area contributed by atoms with Crippen molar-refractivity contribution in [1.29, 1.82) is 0 Å². The van der Waals surface area contributed by atoms with E-state index in [0.717, 1.165) is 31.1 Å². The Kier molecular flexibility index (Phi) is 4.18. The van der Waals surface area contributed by atoms with Crippen molar-refractivity contribution in [3.05, 3.63) is 64.2 Å². The highest BCUT2D eigenvalue weighted by atomic mass is 35.5. The van der Waals surface area contributed by atoms with Gasteiger partial charge in [-0.3, -0.25) is 0 Å². The molecule has 1 unspecified atom stereocenters. The minimum absolute atomic E-state index is 0.554. The first-order chi connectivity index (χ1) is 10.2. The van der Waals surface area contributed by atoms with Crippen LogP contribution in [-0.2, 0) is 6.54 Å². The highest BCUT2D eigenvalue weighted by Crippen LogP contribution is 2.38. The number of fused-ring (bicyclic) bond motifs is 1. The molecule has 2 N–H and O–H groups in total. The van der Waals surface area contributed by atoms with E-state index in [-0.39, 0.29) is 0 Å². The first-order valence-electron chi connectivity index (χ1n) is 7.48. The van der Waals surface area contributed by atoms with Crippen LogP contribution in [0.15, 0.2) is 42.5 Å². The summed E-state index contributed by atoms with van der Waals surface area (Å²) < 4.78 is 0. The van der Waals surface area contributed by atoms with Crippen molar-refractivity contribution in [3.8, 4) is 0 Å². The van der Waals surface area contributed by atoms with Gasteiger partial charge in [0, 0.05) is 29.7 Å². The highest BCUT2D eigenvalue weighted by molar-refractivity contribution is 6.30. The topological polar surface area (TPSA) is 29.3 Å². The van der Waals surface area contributed by atoms with Gasteiger partial charge < -0.3 is 10.6 Å².